The van der Waals surface area contributed by atoms with Gasteiger partial charge in [-0.2, -0.15) is 0 Å². The van der Waals surface area contributed by atoms with Gasteiger partial charge >= 0.3 is 0 Å². The Labute approximate surface area is 105 Å². The molecule has 0 spiro atoms. The predicted molar refractivity (Wildman–Crippen MR) is 64.7 cm³/mol. The zero-order valence-corrected chi connectivity index (χ0v) is 10.2. The first-order valence-corrected chi connectivity index (χ1v) is 5.91. The summed E-state index contributed by atoms with van der Waals surface area (Å²) in [5, 5.41) is 0. The molecule has 0 aromatic heterocycles. The van der Waals surface area contributed by atoms with Crippen molar-refractivity contribution in [3.8, 4) is 0 Å². The van der Waals surface area contributed by atoms with Gasteiger partial charge in [0.05, 0.1) is 0 Å². The van der Waals surface area contributed by atoms with Gasteiger partial charge in [-0.25, -0.2) is 8.78 Å². The van der Waals surface area contributed by atoms with Gasteiger partial charge in [0.15, 0.2) is 11.6 Å². The zero-order valence-electron chi connectivity index (χ0n) is 10.2. The second-order valence-electron chi connectivity index (χ2n) is 4.67. The first-order chi connectivity index (χ1) is 8.49. The number of hydrogen-bond acceptors (Lipinski definition) is 1. The molecule has 0 saturated carbocycles. The van der Waals surface area contributed by atoms with E-state index in [0.717, 1.165) is 18.6 Å². The number of benzene rings is 1. The number of piperidine rings is 1. The lowest BCUT2D eigenvalue weighted by Gasteiger charge is -2.34. The largest absolute Gasteiger partial charge is 0.332 e. The Balaban J connectivity index is 2.18. The predicted octanol–water partition coefficient (Wildman–Crippen LogP) is 3.03. The van der Waals surface area contributed by atoms with Gasteiger partial charge in [-0.05, 0) is 37.5 Å². The van der Waals surface area contributed by atoms with Crippen LogP contribution in [0, 0.1) is 11.6 Å². The van der Waals surface area contributed by atoms with Crippen molar-refractivity contribution in [1.29, 1.82) is 0 Å². The number of carbonyl (C=O) groups excluding carboxylic acids is 1. The first-order valence-electron chi connectivity index (χ1n) is 5.91. The van der Waals surface area contributed by atoms with Crippen molar-refractivity contribution in [3.05, 3.63) is 47.5 Å². The molecule has 1 aromatic carbocycles. The van der Waals surface area contributed by atoms with E-state index in [9.17, 15) is 13.6 Å². The van der Waals surface area contributed by atoms with E-state index in [2.05, 4.69) is 6.58 Å². The second kappa shape index (κ2) is 4.88. The Morgan fingerprint density at radius 3 is 2.78 bits per heavy atom. The Morgan fingerprint density at radius 1 is 1.39 bits per heavy atom. The number of amides is 1. The molecule has 0 aliphatic carbocycles. The highest BCUT2D eigenvalue weighted by atomic mass is 19.2. The van der Waals surface area contributed by atoms with Crippen LogP contribution in [-0.2, 0) is 11.3 Å². The maximum atomic E-state index is 13.1. The minimum atomic E-state index is -0.886. The van der Waals surface area contributed by atoms with E-state index < -0.39 is 11.6 Å². The summed E-state index contributed by atoms with van der Waals surface area (Å²) in [5.41, 5.74) is 1.17. The van der Waals surface area contributed by atoms with Crippen molar-refractivity contribution in [3.63, 3.8) is 0 Å². The van der Waals surface area contributed by atoms with Crippen LogP contribution in [-0.4, -0.2) is 16.8 Å². The van der Waals surface area contributed by atoms with Gasteiger partial charge in [0.2, 0.25) is 5.91 Å². The molecule has 1 saturated heterocycles. The third-order valence-corrected chi connectivity index (χ3v) is 3.30. The summed E-state index contributed by atoms with van der Waals surface area (Å²) < 4.78 is 25.9. The fourth-order valence-corrected chi connectivity index (χ4v) is 2.11. The fraction of sp³-hybridized carbons (Fsp3) is 0.357. The molecule has 96 valence electrons. The second-order valence-corrected chi connectivity index (χ2v) is 4.67. The van der Waals surface area contributed by atoms with Crippen LogP contribution in [0.5, 0.6) is 0 Å². The topological polar surface area (TPSA) is 20.3 Å². The molecular formula is C14H15F2NO. The van der Waals surface area contributed by atoms with E-state index in [1.54, 1.807) is 4.90 Å². The number of hydrogen-bond donors (Lipinski definition) is 0. The van der Waals surface area contributed by atoms with E-state index in [1.165, 1.54) is 6.07 Å². The Bertz CT molecular complexity index is 499. The van der Waals surface area contributed by atoms with Gasteiger partial charge in [-0.1, -0.05) is 12.6 Å². The Morgan fingerprint density at radius 2 is 2.11 bits per heavy atom. The lowest BCUT2D eigenvalue weighted by molar-refractivity contribution is -0.131. The number of halogens is 2. The summed E-state index contributed by atoms with van der Waals surface area (Å²) in [6, 6.07) is 3.80. The summed E-state index contributed by atoms with van der Waals surface area (Å²) in [4.78, 5) is 13.6. The number of nitrogens with zero attached hydrogens (tertiary/aromatic N) is 1. The van der Waals surface area contributed by atoms with E-state index in [0.29, 0.717) is 17.6 Å². The minimum absolute atomic E-state index is 0.0936. The van der Waals surface area contributed by atoms with Crippen molar-refractivity contribution in [2.45, 2.75) is 32.4 Å². The Hall–Kier alpha value is -1.71. The van der Waals surface area contributed by atoms with E-state index >= 15 is 0 Å². The fourth-order valence-electron chi connectivity index (χ4n) is 2.11. The molecule has 1 aromatic rings. The molecule has 1 fully saturated rings. The third kappa shape index (κ3) is 2.42. The Kier molecular flexibility index (Phi) is 3.45. The highest BCUT2D eigenvalue weighted by Crippen LogP contribution is 2.23. The average molecular weight is 251 g/mol. The van der Waals surface area contributed by atoms with Crippen LogP contribution in [0.15, 0.2) is 30.4 Å². The van der Waals surface area contributed by atoms with Crippen LogP contribution in [0.1, 0.15) is 25.3 Å². The van der Waals surface area contributed by atoms with Crippen LogP contribution >= 0.6 is 0 Å². The molecule has 18 heavy (non-hydrogen) atoms. The lowest BCUT2D eigenvalue weighted by atomic mass is 9.98. The van der Waals surface area contributed by atoms with Gasteiger partial charge in [0, 0.05) is 18.2 Å². The zero-order chi connectivity index (χ0) is 13.3. The maximum Gasteiger partial charge on any atom is 0.249 e. The standard InChI is InChI=1S/C14H15F2NO/c1-9-3-4-10(2)17(14(9)18)8-11-5-6-12(15)13(16)7-11/h5-7,10H,1,3-4,8H2,2H3. The van der Waals surface area contributed by atoms with Crippen molar-refractivity contribution in [2.75, 3.05) is 0 Å². The highest BCUT2D eigenvalue weighted by Gasteiger charge is 2.27. The molecule has 1 amide bonds. The maximum absolute atomic E-state index is 13.1. The number of carbonyl (C=O) groups is 1. The SMILES string of the molecule is C=C1CCC(C)N(Cc2ccc(F)c(F)c2)C1=O. The summed E-state index contributed by atoms with van der Waals surface area (Å²) in [7, 11) is 0. The summed E-state index contributed by atoms with van der Waals surface area (Å²) in [5.74, 6) is -1.86. The molecule has 4 heteroatoms. The van der Waals surface area contributed by atoms with Crippen LogP contribution in [0.25, 0.3) is 0 Å². The smallest absolute Gasteiger partial charge is 0.249 e. The van der Waals surface area contributed by atoms with Crippen molar-refractivity contribution in [2.24, 2.45) is 0 Å². The van der Waals surface area contributed by atoms with Crippen molar-refractivity contribution < 1.29 is 13.6 Å². The van der Waals surface area contributed by atoms with Crippen molar-refractivity contribution in [1.82, 2.24) is 4.90 Å². The molecule has 0 N–H and O–H groups in total. The minimum Gasteiger partial charge on any atom is -0.332 e. The number of likely N-dealkylation sites (tertiary alicyclic amines) is 1. The molecule has 2 rings (SSSR count). The lowest BCUT2D eigenvalue weighted by Crippen LogP contribution is -2.42. The highest BCUT2D eigenvalue weighted by molar-refractivity contribution is 5.93. The van der Waals surface area contributed by atoms with Gasteiger partial charge in [-0.15, -0.1) is 0 Å². The van der Waals surface area contributed by atoms with E-state index in [4.69, 9.17) is 0 Å². The van der Waals surface area contributed by atoms with Crippen LogP contribution in [0.2, 0.25) is 0 Å². The molecule has 1 heterocycles. The molecule has 2 nitrogen and oxygen atoms in total. The van der Waals surface area contributed by atoms with Gasteiger partial charge < -0.3 is 4.90 Å². The molecule has 1 aliphatic rings. The molecule has 0 bridgehead atoms. The molecule has 0 radical (unpaired) electrons. The van der Waals surface area contributed by atoms with Gasteiger partial charge in [-0.3, -0.25) is 4.79 Å². The van der Waals surface area contributed by atoms with Crippen LogP contribution < -0.4 is 0 Å². The molecule has 1 atom stereocenters. The average Bonchev–Trinajstić information content (AvgIpc) is 2.34. The quantitative estimate of drug-likeness (QED) is 0.740. The van der Waals surface area contributed by atoms with Crippen molar-refractivity contribution >= 4 is 5.91 Å². The third-order valence-electron chi connectivity index (χ3n) is 3.30. The van der Waals surface area contributed by atoms with E-state index in [-0.39, 0.29) is 18.5 Å². The summed E-state index contributed by atoms with van der Waals surface area (Å²) in [6.07, 6.45) is 1.56. The molecular weight excluding hydrogens is 236 g/mol. The van der Waals surface area contributed by atoms with E-state index in [1.807, 2.05) is 6.92 Å². The van der Waals surface area contributed by atoms with Crippen LogP contribution in [0.4, 0.5) is 8.78 Å². The normalized spacial score (nSPS) is 20.4. The van der Waals surface area contributed by atoms with Crippen LogP contribution in [0.3, 0.4) is 0 Å². The first kappa shape index (κ1) is 12.7. The molecule has 1 unspecified atom stereocenters. The monoisotopic (exact) mass is 251 g/mol. The van der Waals surface area contributed by atoms with Gasteiger partial charge in [0.25, 0.3) is 0 Å². The summed E-state index contributed by atoms with van der Waals surface area (Å²) >= 11 is 0. The molecule has 1 aliphatic heterocycles. The summed E-state index contributed by atoms with van der Waals surface area (Å²) in [6.45, 7) is 5.96. The number of rotatable bonds is 2. The van der Waals surface area contributed by atoms with Gasteiger partial charge in [0.1, 0.15) is 0 Å².